The maximum atomic E-state index is 12.0. The van der Waals surface area contributed by atoms with Crippen molar-refractivity contribution < 1.29 is 14.7 Å². The maximum absolute atomic E-state index is 12.0. The molecule has 4 atom stereocenters. The van der Waals surface area contributed by atoms with E-state index in [1.54, 1.807) is 0 Å². The zero-order valence-corrected chi connectivity index (χ0v) is 12.3. The van der Waals surface area contributed by atoms with Crippen molar-refractivity contribution in [1.29, 1.82) is 0 Å². The van der Waals surface area contributed by atoms with Crippen LogP contribution < -0.4 is 10.6 Å². The summed E-state index contributed by atoms with van der Waals surface area (Å²) in [5.41, 5.74) is 0. The molecule has 1 heterocycles. The van der Waals surface area contributed by atoms with Gasteiger partial charge >= 0.3 is 12.0 Å². The first-order valence-corrected chi connectivity index (χ1v) is 7.44. The molecule has 2 aliphatic rings. The van der Waals surface area contributed by atoms with Gasteiger partial charge in [0.25, 0.3) is 0 Å². The largest absolute Gasteiger partial charge is 0.481 e. The van der Waals surface area contributed by atoms with Crippen LogP contribution in [0.15, 0.2) is 0 Å². The van der Waals surface area contributed by atoms with E-state index in [2.05, 4.69) is 29.5 Å². The smallest absolute Gasteiger partial charge is 0.315 e. The Morgan fingerprint density at radius 3 is 2.55 bits per heavy atom. The number of urea groups is 1. The number of carboxylic acids is 1. The standard InChI is InChI=1S/C14H25N3O3/c1-9-8-17(2)6-5-12(9)16-14(20)15-11-4-3-10(7-11)13(18)19/h9-12H,3-8H2,1-2H3,(H,18,19)(H2,15,16,20)/t9?,10-,11+,12?/m1/s1. The van der Waals surface area contributed by atoms with E-state index >= 15 is 0 Å². The molecular formula is C14H25N3O3. The average molecular weight is 283 g/mol. The van der Waals surface area contributed by atoms with Gasteiger partial charge in [0.15, 0.2) is 0 Å². The fourth-order valence-corrected chi connectivity index (χ4v) is 3.30. The molecule has 3 N–H and O–H groups in total. The van der Waals surface area contributed by atoms with Gasteiger partial charge < -0.3 is 20.6 Å². The first-order chi connectivity index (χ1) is 9.45. The van der Waals surface area contributed by atoms with Crippen molar-refractivity contribution in [3.63, 3.8) is 0 Å². The molecule has 2 rings (SSSR count). The number of likely N-dealkylation sites (tertiary alicyclic amines) is 1. The first kappa shape index (κ1) is 15.1. The van der Waals surface area contributed by atoms with Crippen LogP contribution >= 0.6 is 0 Å². The van der Waals surface area contributed by atoms with E-state index in [-0.39, 0.29) is 24.0 Å². The molecule has 0 bridgehead atoms. The van der Waals surface area contributed by atoms with Gasteiger partial charge in [0.1, 0.15) is 0 Å². The van der Waals surface area contributed by atoms with Crippen LogP contribution in [0.1, 0.15) is 32.6 Å². The second-order valence-electron chi connectivity index (χ2n) is 6.30. The van der Waals surface area contributed by atoms with E-state index in [0.29, 0.717) is 18.8 Å². The summed E-state index contributed by atoms with van der Waals surface area (Å²) in [6.07, 6.45) is 2.93. The van der Waals surface area contributed by atoms with Crippen molar-refractivity contribution in [2.75, 3.05) is 20.1 Å². The third-order valence-corrected chi connectivity index (χ3v) is 4.54. The van der Waals surface area contributed by atoms with Crippen LogP contribution in [0.5, 0.6) is 0 Å². The van der Waals surface area contributed by atoms with E-state index in [4.69, 9.17) is 5.11 Å². The first-order valence-electron chi connectivity index (χ1n) is 7.44. The normalized spacial score (nSPS) is 34.7. The molecule has 114 valence electrons. The SMILES string of the molecule is CC1CN(C)CCC1NC(=O)N[C@H]1CC[C@@H](C(=O)O)C1. The van der Waals surface area contributed by atoms with E-state index in [0.717, 1.165) is 25.9 Å². The maximum Gasteiger partial charge on any atom is 0.315 e. The lowest BCUT2D eigenvalue weighted by Gasteiger charge is -2.35. The topological polar surface area (TPSA) is 81.7 Å². The van der Waals surface area contributed by atoms with Crippen molar-refractivity contribution in [2.24, 2.45) is 11.8 Å². The van der Waals surface area contributed by atoms with Gasteiger partial charge in [-0.15, -0.1) is 0 Å². The predicted octanol–water partition coefficient (Wildman–Crippen LogP) is 0.879. The number of nitrogens with one attached hydrogen (secondary N) is 2. The lowest BCUT2D eigenvalue weighted by atomic mass is 9.94. The third-order valence-electron chi connectivity index (χ3n) is 4.54. The highest BCUT2D eigenvalue weighted by atomic mass is 16.4. The van der Waals surface area contributed by atoms with Crippen molar-refractivity contribution in [3.05, 3.63) is 0 Å². The number of carboxylic acid groups (broad SMARTS) is 1. The van der Waals surface area contributed by atoms with Gasteiger partial charge in [0, 0.05) is 18.6 Å². The Labute approximate surface area is 119 Å². The fraction of sp³-hybridized carbons (Fsp3) is 0.857. The number of carbonyl (C=O) groups excluding carboxylic acids is 1. The molecule has 0 radical (unpaired) electrons. The van der Waals surface area contributed by atoms with Crippen molar-refractivity contribution in [2.45, 2.75) is 44.7 Å². The third kappa shape index (κ3) is 3.85. The van der Waals surface area contributed by atoms with Crippen LogP contribution in [0.4, 0.5) is 4.79 Å². The van der Waals surface area contributed by atoms with Crippen LogP contribution in [0.2, 0.25) is 0 Å². The molecule has 0 aromatic carbocycles. The Balaban J connectivity index is 1.74. The minimum atomic E-state index is -0.751. The molecule has 2 unspecified atom stereocenters. The van der Waals surface area contributed by atoms with Gasteiger partial charge in [-0.2, -0.15) is 0 Å². The Morgan fingerprint density at radius 2 is 1.95 bits per heavy atom. The van der Waals surface area contributed by atoms with Crippen molar-refractivity contribution in [1.82, 2.24) is 15.5 Å². The summed E-state index contributed by atoms with van der Waals surface area (Å²) in [7, 11) is 2.09. The summed E-state index contributed by atoms with van der Waals surface area (Å²) in [6.45, 7) is 4.14. The van der Waals surface area contributed by atoms with Crippen molar-refractivity contribution in [3.8, 4) is 0 Å². The minimum absolute atomic E-state index is 0.00216. The summed E-state index contributed by atoms with van der Waals surface area (Å²) in [6, 6.07) is 0.0583. The number of nitrogens with zero attached hydrogens (tertiary/aromatic N) is 1. The number of rotatable bonds is 3. The van der Waals surface area contributed by atoms with Gasteiger partial charge in [-0.05, 0) is 45.2 Å². The van der Waals surface area contributed by atoms with E-state index in [1.807, 2.05) is 0 Å². The summed E-state index contributed by atoms with van der Waals surface area (Å²) in [5.74, 6) is -0.615. The van der Waals surface area contributed by atoms with Crippen LogP contribution in [0.3, 0.4) is 0 Å². The molecule has 2 amide bonds. The number of hydrogen-bond acceptors (Lipinski definition) is 3. The molecule has 2 fully saturated rings. The van der Waals surface area contributed by atoms with Gasteiger partial charge in [-0.3, -0.25) is 4.79 Å². The molecule has 1 aliphatic carbocycles. The van der Waals surface area contributed by atoms with Crippen molar-refractivity contribution >= 4 is 12.0 Å². The van der Waals surface area contributed by atoms with Crippen LogP contribution in [-0.2, 0) is 4.79 Å². The Kier molecular flexibility index (Phi) is 4.86. The molecule has 0 aromatic heterocycles. The summed E-state index contributed by atoms with van der Waals surface area (Å²) >= 11 is 0. The number of piperidine rings is 1. The Bertz CT molecular complexity index is 375. The molecule has 6 nitrogen and oxygen atoms in total. The highest BCUT2D eigenvalue weighted by Gasteiger charge is 2.31. The minimum Gasteiger partial charge on any atom is -0.481 e. The van der Waals surface area contributed by atoms with Gasteiger partial charge in [-0.25, -0.2) is 4.79 Å². The molecule has 0 spiro atoms. The van der Waals surface area contributed by atoms with Crippen LogP contribution in [0, 0.1) is 11.8 Å². The number of hydrogen-bond donors (Lipinski definition) is 3. The van der Waals surface area contributed by atoms with Gasteiger partial charge in [0.2, 0.25) is 0 Å². The quantitative estimate of drug-likeness (QED) is 0.718. The second kappa shape index (κ2) is 6.43. The molecule has 6 heteroatoms. The summed E-state index contributed by atoms with van der Waals surface area (Å²) in [5, 5.41) is 14.9. The Hall–Kier alpha value is -1.30. The summed E-state index contributed by atoms with van der Waals surface area (Å²) < 4.78 is 0. The van der Waals surface area contributed by atoms with Crippen LogP contribution in [0.25, 0.3) is 0 Å². The fourth-order valence-electron chi connectivity index (χ4n) is 3.30. The van der Waals surface area contributed by atoms with E-state index < -0.39 is 5.97 Å². The number of aliphatic carboxylic acids is 1. The van der Waals surface area contributed by atoms with Gasteiger partial charge in [0.05, 0.1) is 5.92 Å². The second-order valence-corrected chi connectivity index (χ2v) is 6.30. The monoisotopic (exact) mass is 283 g/mol. The number of amides is 2. The molecular weight excluding hydrogens is 258 g/mol. The highest BCUT2D eigenvalue weighted by Crippen LogP contribution is 2.25. The predicted molar refractivity (Wildman–Crippen MR) is 75.5 cm³/mol. The molecule has 1 aliphatic heterocycles. The molecule has 0 aromatic rings. The average Bonchev–Trinajstić information content (AvgIpc) is 2.81. The molecule has 20 heavy (non-hydrogen) atoms. The lowest BCUT2D eigenvalue weighted by molar-refractivity contribution is -0.141. The zero-order valence-electron chi connectivity index (χ0n) is 12.3. The van der Waals surface area contributed by atoms with E-state index in [9.17, 15) is 9.59 Å². The summed E-state index contributed by atoms with van der Waals surface area (Å²) in [4.78, 5) is 25.2. The van der Waals surface area contributed by atoms with Gasteiger partial charge in [-0.1, -0.05) is 6.92 Å². The Morgan fingerprint density at radius 1 is 1.20 bits per heavy atom. The molecule has 1 saturated carbocycles. The van der Waals surface area contributed by atoms with E-state index in [1.165, 1.54) is 0 Å². The zero-order chi connectivity index (χ0) is 14.7. The highest BCUT2D eigenvalue weighted by molar-refractivity contribution is 5.75. The lowest BCUT2D eigenvalue weighted by Crippen LogP contribution is -2.52. The number of carbonyl (C=O) groups is 2. The van der Waals surface area contributed by atoms with Crippen LogP contribution in [-0.4, -0.2) is 54.2 Å². The molecule has 1 saturated heterocycles.